The van der Waals surface area contributed by atoms with Crippen LogP contribution in [0, 0.1) is 0 Å². The summed E-state index contributed by atoms with van der Waals surface area (Å²) < 4.78 is 2.10. The normalized spacial score (nSPS) is 19.9. The number of hydrogen-bond acceptors (Lipinski definition) is 3. The fourth-order valence-electron chi connectivity index (χ4n) is 3.22. The van der Waals surface area contributed by atoms with Crippen molar-refractivity contribution in [3.8, 4) is 0 Å². The second kappa shape index (κ2) is 6.39. The quantitative estimate of drug-likeness (QED) is 0.890. The number of rotatable bonds is 5. The predicted octanol–water partition coefficient (Wildman–Crippen LogP) is 1.71. The number of carbonyl (C=O) groups excluding carboxylic acids is 1. The molecule has 0 spiro atoms. The Labute approximate surface area is 120 Å². The molecule has 0 radical (unpaired) electrons. The molecule has 1 aromatic rings. The highest BCUT2D eigenvalue weighted by Crippen LogP contribution is 2.28. The highest BCUT2D eigenvalue weighted by atomic mass is 16.2. The third kappa shape index (κ3) is 3.20. The Hall–Kier alpha value is -1.36. The van der Waals surface area contributed by atoms with Crippen LogP contribution in [0.25, 0.3) is 0 Å². The first-order chi connectivity index (χ1) is 9.83. The second-order valence-electron chi connectivity index (χ2n) is 5.92. The number of likely N-dealkylation sites (tertiary alicyclic amines) is 1. The highest BCUT2D eigenvalue weighted by Gasteiger charge is 2.18. The van der Waals surface area contributed by atoms with Gasteiger partial charge in [0.2, 0.25) is 5.91 Å². The first-order valence-electron chi connectivity index (χ1n) is 7.85. The van der Waals surface area contributed by atoms with Crippen LogP contribution >= 0.6 is 0 Å². The lowest BCUT2D eigenvalue weighted by Gasteiger charge is -2.15. The van der Waals surface area contributed by atoms with Crippen molar-refractivity contribution in [2.75, 3.05) is 19.6 Å². The van der Waals surface area contributed by atoms with E-state index in [9.17, 15) is 4.79 Å². The summed E-state index contributed by atoms with van der Waals surface area (Å²) in [6, 6.07) is 2.65. The SMILES string of the molecule is O=C(CNCc1ccn(C2CCCC2)n1)N1CCCC1. The van der Waals surface area contributed by atoms with Crippen molar-refractivity contribution in [2.45, 2.75) is 51.1 Å². The Balaban J connectivity index is 1.43. The minimum atomic E-state index is 0.220. The summed E-state index contributed by atoms with van der Waals surface area (Å²) in [6.07, 6.45) is 9.53. The third-order valence-corrected chi connectivity index (χ3v) is 4.40. The molecule has 1 aliphatic carbocycles. The van der Waals surface area contributed by atoms with Gasteiger partial charge in [0.1, 0.15) is 0 Å². The lowest BCUT2D eigenvalue weighted by atomic mass is 10.3. The van der Waals surface area contributed by atoms with Gasteiger partial charge < -0.3 is 10.2 Å². The van der Waals surface area contributed by atoms with Crippen LogP contribution in [0.2, 0.25) is 0 Å². The smallest absolute Gasteiger partial charge is 0.236 e. The van der Waals surface area contributed by atoms with Gasteiger partial charge in [-0.15, -0.1) is 0 Å². The van der Waals surface area contributed by atoms with E-state index in [2.05, 4.69) is 27.4 Å². The summed E-state index contributed by atoms with van der Waals surface area (Å²) in [5, 5.41) is 7.83. The molecule has 2 heterocycles. The van der Waals surface area contributed by atoms with Gasteiger partial charge in [0, 0.05) is 25.8 Å². The topological polar surface area (TPSA) is 50.2 Å². The Kier molecular flexibility index (Phi) is 4.35. The lowest BCUT2D eigenvalue weighted by Crippen LogP contribution is -2.36. The van der Waals surface area contributed by atoms with E-state index in [1.807, 2.05) is 4.90 Å². The summed E-state index contributed by atoms with van der Waals surface area (Å²) in [6.45, 7) is 2.96. The van der Waals surface area contributed by atoms with E-state index in [0.717, 1.165) is 31.6 Å². The highest BCUT2D eigenvalue weighted by molar-refractivity contribution is 5.78. The molecular formula is C15H24N4O. The number of hydrogen-bond donors (Lipinski definition) is 1. The Bertz CT molecular complexity index is 444. The predicted molar refractivity (Wildman–Crippen MR) is 77.3 cm³/mol. The molecule has 110 valence electrons. The fraction of sp³-hybridized carbons (Fsp3) is 0.733. The summed E-state index contributed by atoms with van der Waals surface area (Å²) >= 11 is 0. The molecule has 5 nitrogen and oxygen atoms in total. The van der Waals surface area contributed by atoms with Gasteiger partial charge in [-0.2, -0.15) is 5.10 Å². The molecule has 1 aromatic heterocycles. The minimum Gasteiger partial charge on any atom is -0.342 e. The van der Waals surface area contributed by atoms with Gasteiger partial charge in [-0.1, -0.05) is 12.8 Å². The van der Waals surface area contributed by atoms with Crippen molar-refractivity contribution in [2.24, 2.45) is 0 Å². The van der Waals surface area contributed by atoms with E-state index < -0.39 is 0 Å². The number of nitrogens with zero attached hydrogens (tertiary/aromatic N) is 3. The first-order valence-corrected chi connectivity index (χ1v) is 7.85. The van der Waals surface area contributed by atoms with Gasteiger partial charge in [0.15, 0.2) is 0 Å². The van der Waals surface area contributed by atoms with Crippen molar-refractivity contribution in [3.63, 3.8) is 0 Å². The average Bonchev–Trinajstić information content (AvgIpc) is 3.20. The molecule has 2 aliphatic rings. The van der Waals surface area contributed by atoms with Crippen molar-refractivity contribution in [1.82, 2.24) is 20.0 Å². The molecule has 0 bridgehead atoms. The zero-order valence-electron chi connectivity index (χ0n) is 12.1. The number of amides is 1. The monoisotopic (exact) mass is 276 g/mol. The van der Waals surface area contributed by atoms with Crippen LogP contribution in [0.3, 0.4) is 0 Å². The van der Waals surface area contributed by atoms with E-state index in [-0.39, 0.29) is 5.91 Å². The fourth-order valence-corrected chi connectivity index (χ4v) is 3.22. The van der Waals surface area contributed by atoms with Gasteiger partial charge in [0.25, 0.3) is 0 Å². The van der Waals surface area contributed by atoms with Crippen LogP contribution < -0.4 is 5.32 Å². The molecule has 1 saturated carbocycles. The molecule has 3 rings (SSSR count). The summed E-state index contributed by atoms with van der Waals surface area (Å²) in [4.78, 5) is 13.8. The van der Waals surface area contributed by atoms with Crippen molar-refractivity contribution < 1.29 is 4.79 Å². The molecule has 1 amide bonds. The van der Waals surface area contributed by atoms with Crippen LogP contribution in [-0.2, 0) is 11.3 Å². The van der Waals surface area contributed by atoms with E-state index >= 15 is 0 Å². The molecule has 1 saturated heterocycles. The zero-order chi connectivity index (χ0) is 13.8. The van der Waals surface area contributed by atoms with Crippen LogP contribution in [-0.4, -0.2) is 40.2 Å². The maximum atomic E-state index is 11.9. The summed E-state index contributed by atoms with van der Waals surface area (Å²) in [7, 11) is 0. The van der Waals surface area contributed by atoms with Crippen molar-refractivity contribution >= 4 is 5.91 Å². The van der Waals surface area contributed by atoms with Gasteiger partial charge in [-0.05, 0) is 31.7 Å². The lowest BCUT2D eigenvalue weighted by molar-refractivity contribution is -0.129. The second-order valence-corrected chi connectivity index (χ2v) is 5.92. The molecule has 5 heteroatoms. The standard InChI is InChI=1S/C15H24N4O/c20-15(18-8-3-4-9-18)12-16-11-13-7-10-19(17-13)14-5-1-2-6-14/h7,10,14,16H,1-6,8-9,11-12H2. The molecule has 2 fully saturated rings. The molecule has 1 N–H and O–H groups in total. The van der Waals surface area contributed by atoms with Gasteiger partial charge in [-0.3, -0.25) is 9.48 Å². The maximum absolute atomic E-state index is 11.9. The Morgan fingerprint density at radius 1 is 1.25 bits per heavy atom. The Morgan fingerprint density at radius 2 is 2.00 bits per heavy atom. The van der Waals surface area contributed by atoms with E-state index in [0.29, 0.717) is 19.1 Å². The Morgan fingerprint density at radius 3 is 2.75 bits per heavy atom. The van der Waals surface area contributed by atoms with Crippen molar-refractivity contribution in [1.29, 1.82) is 0 Å². The van der Waals surface area contributed by atoms with E-state index in [1.54, 1.807) is 0 Å². The first kappa shape index (κ1) is 13.6. The van der Waals surface area contributed by atoms with Crippen LogP contribution in [0.15, 0.2) is 12.3 Å². The minimum absolute atomic E-state index is 0.220. The largest absolute Gasteiger partial charge is 0.342 e. The molecule has 20 heavy (non-hydrogen) atoms. The number of nitrogens with one attached hydrogen (secondary N) is 1. The van der Waals surface area contributed by atoms with E-state index in [4.69, 9.17) is 0 Å². The van der Waals surface area contributed by atoms with Crippen LogP contribution in [0.1, 0.15) is 50.3 Å². The van der Waals surface area contributed by atoms with Crippen LogP contribution in [0.4, 0.5) is 0 Å². The van der Waals surface area contributed by atoms with Gasteiger partial charge in [-0.25, -0.2) is 0 Å². The summed E-state index contributed by atoms with van der Waals surface area (Å²) in [5.74, 6) is 0.220. The van der Waals surface area contributed by atoms with Gasteiger partial charge >= 0.3 is 0 Å². The van der Waals surface area contributed by atoms with Crippen molar-refractivity contribution in [3.05, 3.63) is 18.0 Å². The zero-order valence-corrected chi connectivity index (χ0v) is 12.1. The average molecular weight is 276 g/mol. The molecule has 0 unspecified atom stereocenters. The van der Waals surface area contributed by atoms with E-state index in [1.165, 1.54) is 25.7 Å². The third-order valence-electron chi connectivity index (χ3n) is 4.40. The number of carbonyl (C=O) groups is 1. The number of aromatic nitrogens is 2. The van der Waals surface area contributed by atoms with Crippen LogP contribution in [0.5, 0.6) is 0 Å². The molecule has 0 atom stereocenters. The molecular weight excluding hydrogens is 252 g/mol. The van der Waals surface area contributed by atoms with Gasteiger partial charge in [0.05, 0.1) is 18.3 Å². The summed E-state index contributed by atoms with van der Waals surface area (Å²) in [5.41, 5.74) is 1.03. The molecule has 0 aromatic carbocycles. The molecule has 1 aliphatic heterocycles. The maximum Gasteiger partial charge on any atom is 0.236 e.